The van der Waals surface area contributed by atoms with Gasteiger partial charge in [0.05, 0.1) is 0 Å². The third-order valence-electron chi connectivity index (χ3n) is 4.62. The largest absolute Gasteiger partial charge is 0.359 e. The van der Waals surface area contributed by atoms with E-state index in [1.165, 1.54) is 12.1 Å². The molecule has 0 aromatic heterocycles. The number of rotatable bonds is 5. The Morgan fingerprint density at radius 2 is 1.83 bits per heavy atom. The molecule has 1 aromatic carbocycles. The van der Waals surface area contributed by atoms with Crippen LogP contribution in [0.2, 0.25) is 0 Å². The first-order valence-electron chi connectivity index (χ1n) is 8.33. The maximum absolute atomic E-state index is 13.1. The van der Waals surface area contributed by atoms with Crippen LogP contribution in [0.25, 0.3) is 0 Å². The summed E-state index contributed by atoms with van der Waals surface area (Å²) in [5.41, 5.74) is 0.791. The summed E-state index contributed by atoms with van der Waals surface area (Å²) in [5, 5.41) is 2.65. The molecule has 1 N–H and O–H groups in total. The Labute approximate surface area is 142 Å². The minimum atomic E-state index is -0.416. The van der Waals surface area contributed by atoms with E-state index >= 15 is 0 Å². The van der Waals surface area contributed by atoms with Crippen LogP contribution in [0, 0.1) is 11.7 Å². The van der Waals surface area contributed by atoms with Crippen molar-refractivity contribution in [1.82, 2.24) is 15.1 Å². The van der Waals surface area contributed by atoms with Gasteiger partial charge in [-0.15, -0.1) is 0 Å². The number of carbonyl (C=O) groups excluding carboxylic acids is 2. The number of amides is 2. The number of hydrogen-bond donors (Lipinski definition) is 1. The van der Waals surface area contributed by atoms with Gasteiger partial charge >= 0.3 is 0 Å². The van der Waals surface area contributed by atoms with Crippen molar-refractivity contribution < 1.29 is 14.0 Å². The molecule has 0 unspecified atom stereocenters. The van der Waals surface area contributed by atoms with Crippen molar-refractivity contribution in [3.8, 4) is 0 Å². The van der Waals surface area contributed by atoms with Crippen molar-refractivity contribution in [2.24, 2.45) is 5.92 Å². The quantitative estimate of drug-likeness (QED) is 0.893. The van der Waals surface area contributed by atoms with Gasteiger partial charge in [0.2, 0.25) is 11.8 Å². The number of piperidine rings is 1. The first kappa shape index (κ1) is 18.4. The van der Waals surface area contributed by atoms with E-state index in [1.807, 2.05) is 23.9 Å². The predicted molar refractivity (Wildman–Crippen MR) is 90.8 cm³/mol. The molecule has 1 aliphatic rings. The topological polar surface area (TPSA) is 52.7 Å². The van der Waals surface area contributed by atoms with Gasteiger partial charge in [-0.25, -0.2) is 4.39 Å². The second-order valence-electron chi connectivity index (χ2n) is 6.56. The summed E-state index contributed by atoms with van der Waals surface area (Å²) < 4.78 is 13.1. The van der Waals surface area contributed by atoms with Gasteiger partial charge in [0.25, 0.3) is 0 Å². The van der Waals surface area contributed by atoms with Crippen molar-refractivity contribution >= 4 is 11.8 Å². The Morgan fingerprint density at radius 1 is 1.25 bits per heavy atom. The molecule has 132 valence electrons. The van der Waals surface area contributed by atoms with Crippen LogP contribution in [0.5, 0.6) is 0 Å². The molecular weight excluding hydrogens is 309 g/mol. The van der Waals surface area contributed by atoms with Crippen molar-refractivity contribution in [3.63, 3.8) is 0 Å². The van der Waals surface area contributed by atoms with Crippen LogP contribution >= 0.6 is 0 Å². The smallest absolute Gasteiger partial charge is 0.244 e. The van der Waals surface area contributed by atoms with Crippen LogP contribution in [0.1, 0.15) is 30.9 Å². The van der Waals surface area contributed by atoms with E-state index in [-0.39, 0.29) is 17.6 Å². The van der Waals surface area contributed by atoms with Crippen LogP contribution in [-0.2, 0) is 9.59 Å². The van der Waals surface area contributed by atoms with Gasteiger partial charge in [0.1, 0.15) is 11.9 Å². The minimum absolute atomic E-state index is 0.0324. The highest BCUT2D eigenvalue weighted by atomic mass is 19.1. The number of halogens is 1. The highest BCUT2D eigenvalue weighted by Crippen LogP contribution is 2.26. The fourth-order valence-corrected chi connectivity index (χ4v) is 3.20. The first-order valence-corrected chi connectivity index (χ1v) is 8.33. The Hall–Kier alpha value is -1.95. The standard InChI is InChI=1S/C18H26FN3O2/c1-20-16(23)12-13-8-10-22(11-9-13)18(24)17(21(2)3)14-4-6-15(19)7-5-14/h4-7,13,17H,8-12H2,1-3H3,(H,20,23)/t17-/m1/s1. The summed E-state index contributed by atoms with van der Waals surface area (Å²) in [4.78, 5) is 28.1. The Kier molecular flexibility index (Phi) is 6.31. The molecule has 5 nitrogen and oxygen atoms in total. The monoisotopic (exact) mass is 335 g/mol. The molecule has 2 rings (SSSR count). The lowest BCUT2D eigenvalue weighted by atomic mass is 9.92. The molecule has 1 heterocycles. The van der Waals surface area contributed by atoms with Crippen molar-refractivity contribution in [2.45, 2.75) is 25.3 Å². The van der Waals surface area contributed by atoms with Gasteiger partial charge in [0.15, 0.2) is 0 Å². The van der Waals surface area contributed by atoms with Gasteiger partial charge < -0.3 is 10.2 Å². The molecule has 0 radical (unpaired) electrons. The molecule has 1 aliphatic heterocycles. The molecule has 0 saturated carbocycles. The summed E-state index contributed by atoms with van der Waals surface area (Å²) in [6.07, 6.45) is 2.19. The average molecular weight is 335 g/mol. The Bertz CT molecular complexity index is 566. The Balaban J connectivity index is 2.01. The van der Waals surface area contributed by atoms with Gasteiger partial charge in [-0.1, -0.05) is 12.1 Å². The number of hydrogen-bond acceptors (Lipinski definition) is 3. The van der Waals surface area contributed by atoms with Crippen LogP contribution in [-0.4, -0.2) is 55.8 Å². The third-order valence-corrected chi connectivity index (χ3v) is 4.62. The molecule has 24 heavy (non-hydrogen) atoms. The Morgan fingerprint density at radius 3 is 2.33 bits per heavy atom. The highest BCUT2D eigenvalue weighted by Gasteiger charge is 2.31. The average Bonchev–Trinajstić information content (AvgIpc) is 2.57. The van der Waals surface area contributed by atoms with Crippen molar-refractivity contribution in [3.05, 3.63) is 35.6 Å². The number of likely N-dealkylation sites (tertiary alicyclic amines) is 1. The normalized spacial score (nSPS) is 17.0. The molecule has 2 amide bonds. The third kappa shape index (κ3) is 4.54. The summed E-state index contributed by atoms with van der Waals surface area (Å²) >= 11 is 0. The number of benzene rings is 1. The fourth-order valence-electron chi connectivity index (χ4n) is 3.20. The minimum Gasteiger partial charge on any atom is -0.359 e. The van der Waals surface area contributed by atoms with E-state index < -0.39 is 6.04 Å². The maximum Gasteiger partial charge on any atom is 0.244 e. The molecular formula is C18H26FN3O2. The highest BCUT2D eigenvalue weighted by molar-refractivity contribution is 5.83. The molecule has 1 aromatic rings. The van der Waals surface area contributed by atoms with Gasteiger partial charge in [-0.05, 0) is 50.6 Å². The fraction of sp³-hybridized carbons (Fsp3) is 0.556. The summed E-state index contributed by atoms with van der Waals surface area (Å²) in [6.45, 7) is 1.32. The molecule has 1 fully saturated rings. The van der Waals surface area contributed by atoms with Gasteiger partial charge in [0, 0.05) is 26.6 Å². The molecule has 1 atom stereocenters. The number of nitrogens with one attached hydrogen (secondary N) is 1. The summed E-state index contributed by atoms with van der Waals surface area (Å²) in [6, 6.07) is 5.68. The molecule has 1 saturated heterocycles. The van der Waals surface area contributed by atoms with Gasteiger partial charge in [-0.2, -0.15) is 0 Å². The van der Waals surface area contributed by atoms with Crippen LogP contribution in [0.3, 0.4) is 0 Å². The second-order valence-corrected chi connectivity index (χ2v) is 6.56. The number of likely N-dealkylation sites (N-methyl/N-ethyl adjacent to an activating group) is 1. The zero-order chi connectivity index (χ0) is 17.7. The van der Waals surface area contributed by atoms with E-state index in [1.54, 1.807) is 19.2 Å². The van der Waals surface area contributed by atoms with Crippen LogP contribution < -0.4 is 5.32 Å². The van der Waals surface area contributed by atoms with Crippen LogP contribution in [0.15, 0.2) is 24.3 Å². The maximum atomic E-state index is 13.1. The molecule has 0 spiro atoms. The predicted octanol–water partition coefficient (Wildman–Crippen LogP) is 1.80. The SMILES string of the molecule is CNC(=O)CC1CCN(C(=O)[C@@H](c2ccc(F)cc2)N(C)C)CC1. The summed E-state index contributed by atoms with van der Waals surface area (Å²) in [5.74, 6) is 0.110. The lowest BCUT2D eigenvalue weighted by molar-refractivity contribution is -0.137. The second kappa shape index (κ2) is 8.24. The van der Waals surface area contributed by atoms with Crippen LogP contribution in [0.4, 0.5) is 4.39 Å². The molecule has 6 heteroatoms. The van der Waals surface area contributed by atoms with Gasteiger partial charge in [-0.3, -0.25) is 14.5 Å². The summed E-state index contributed by atoms with van der Waals surface area (Å²) in [7, 11) is 5.35. The first-order chi connectivity index (χ1) is 11.4. The lowest BCUT2D eigenvalue weighted by Gasteiger charge is -2.36. The van der Waals surface area contributed by atoms with Crippen molar-refractivity contribution in [2.75, 3.05) is 34.2 Å². The molecule has 0 aliphatic carbocycles. The molecule has 0 bridgehead atoms. The zero-order valence-electron chi connectivity index (χ0n) is 14.6. The van der Waals surface area contributed by atoms with E-state index in [9.17, 15) is 14.0 Å². The van der Waals surface area contributed by atoms with E-state index in [0.29, 0.717) is 25.4 Å². The van der Waals surface area contributed by atoms with E-state index in [4.69, 9.17) is 0 Å². The van der Waals surface area contributed by atoms with E-state index in [2.05, 4.69) is 5.32 Å². The zero-order valence-corrected chi connectivity index (χ0v) is 14.6. The number of carbonyl (C=O) groups is 2. The lowest BCUT2D eigenvalue weighted by Crippen LogP contribution is -2.45. The van der Waals surface area contributed by atoms with Crippen molar-refractivity contribution in [1.29, 1.82) is 0 Å². The van der Waals surface area contributed by atoms with E-state index in [0.717, 1.165) is 18.4 Å². The number of nitrogens with zero attached hydrogens (tertiary/aromatic N) is 2.